The minimum atomic E-state index is 0.0568. The van der Waals surface area contributed by atoms with Crippen molar-refractivity contribution in [1.29, 1.82) is 0 Å². The molecule has 0 unspecified atom stereocenters. The Balaban J connectivity index is 2.40. The van der Waals surface area contributed by atoms with Crippen LogP contribution in [0, 0.1) is 0 Å². The molecule has 0 aromatic carbocycles. The number of nitrogens with zero attached hydrogens (tertiary/aromatic N) is 2. The number of rotatable bonds is 1. The predicted molar refractivity (Wildman–Crippen MR) is 57.7 cm³/mol. The second kappa shape index (κ2) is 3.20. The van der Waals surface area contributed by atoms with Crippen molar-refractivity contribution in [2.75, 3.05) is 0 Å². The third-order valence-electron chi connectivity index (χ3n) is 2.56. The van der Waals surface area contributed by atoms with Crippen LogP contribution in [-0.2, 0) is 5.41 Å². The van der Waals surface area contributed by atoms with Gasteiger partial charge in [-0.1, -0.05) is 32.4 Å². The van der Waals surface area contributed by atoms with E-state index in [-0.39, 0.29) is 5.41 Å². The highest BCUT2D eigenvalue weighted by atomic mass is 35.5. The largest absolute Gasteiger partial charge is 0.155 e. The molecule has 1 fully saturated rings. The fourth-order valence-electron chi connectivity index (χ4n) is 1.44. The quantitative estimate of drug-likeness (QED) is 0.711. The van der Waals surface area contributed by atoms with Crippen LogP contribution >= 0.6 is 11.6 Å². The van der Waals surface area contributed by atoms with Crippen molar-refractivity contribution in [2.24, 2.45) is 0 Å². The lowest BCUT2D eigenvalue weighted by Crippen LogP contribution is -2.15. The molecule has 14 heavy (non-hydrogen) atoms. The lowest BCUT2D eigenvalue weighted by atomic mass is 9.91. The van der Waals surface area contributed by atoms with E-state index < -0.39 is 0 Å². The Morgan fingerprint density at radius 3 is 2.43 bits per heavy atom. The van der Waals surface area contributed by atoms with E-state index >= 15 is 0 Å². The van der Waals surface area contributed by atoms with Gasteiger partial charge in [-0.25, -0.2) is 0 Å². The maximum absolute atomic E-state index is 6.01. The van der Waals surface area contributed by atoms with Crippen LogP contribution in [0.25, 0.3) is 0 Å². The van der Waals surface area contributed by atoms with Gasteiger partial charge in [-0.3, -0.25) is 0 Å². The summed E-state index contributed by atoms with van der Waals surface area (Å²) >= 11 is 6.01. The van der Waals surface area contributed by atoms with E-state index in [1.165, 1.54) is 18.4 Å². The fourth-order valence-corrected chi connectivity index (χ4v) is 1.69. The molecule has 76 valence electrons. The molecule has 0 aliphatic heterocycles. The van der Waals surface area contributed by atoms with E-state index in [0.29, 0.717) is 11.1 Å². The first-order valence-corrected chi connectivity index (χ1v) is 5.40. The molecular weight excluding hydrogens is 196 g/mol. The van der Waals surface area contributed by atoms with Crippen molar-refractivity contribution in [2.45, 2.75) is 44.9 Å². The van der Waals surface area contributed by atoms with Gasteiger partial charge in [0.15, 0.2) is 5.15 Å². The molecule has 0 atom stereocenters. The lowest BCUT2D eigenvalue weighted by Gasteiger charge is -2.17. The molecule has 1 aromatic rings. The van der Waals surface area contributed by atoms with E-state index in [2.05, 4.69) is 37.0 Å². The Bertz CT molecular complexity index is 351. The van der Waals surface area contributed by atoms with Crippen LogP contribution in [-0.4, -0.2) is 10.2 Å². The summed E-state index contributed by atoms with van der Waals surface area (Å²) in [5.74, 6) is 0.638. The Hall–Kier alpha value is -0.630. The van der Waals surface area contributed by atoms with Crippen LogP contribution in [0.15, 0.2) is 6.07 Å². The Labute approximate surface area is 89.7 Å². The van der Waals surface area contributed by atoms with Crippen molar-refractivity contribution in [1.82, 2.24) is 10.2 Å². The number of halogens is 1. The van der Waals surface area contributed by atoms with Crippen molar-refractivity contribution >= 4 is 11.6 Å². The summed E-state index contributed by atoms with van der Waals surface area (Å²) in [7, 11) is 0. The molecule has 0 N–H and O–H groups in total. The third-order valence-corrected chi connectivity index (χ3v) is 2.86. The smallest absolute Gasteiger partial charge is 0.154 e. The second-order valence-electron chi connectivity index (χ2n) is 5.00. The van der Waals surface area contributed by atoms with E-state index in [0.717, 1.165) is 5.69 Å². The molecule has 1 heterocycles. The average molecular weight is 211 g/mol. The Kier molecular flexibility index (Phi) is 2.26. The maximum atomic E-state index is 6.01. The van der Waals surface area contributed by atoms with Crippen LogP contribution in [0.4, 0.5) is 0 Å². The second-order valence-corrected chi connectivity index (χ2v) is 5.36. The number of aromatic nitrogens is 2. The molecule has 0 saturated heterocycles. The van der Waals surface area contributed by atoms with Crippen LogP contribution in [0.2, 0.25) is 5.15 Å². The molecule has 2 nitrogen and oxygen atoms in total. The zero-order valence-electron chi connectivity index (χ0n) is 8.84. The third kappa shape index (κ3) is 1.90. The zero-order valence-corrected chi connectivity index (χ0v) is 9.60. The van der Waals surface area contributed by atoms with Crippen molar-refractivity contribution in [3.05, 3.63) is 22.5 Å². The summed E-state index contributed by atoms with van der Waals surface area (Å²) in [4.78, 5) is 0. The highest BCUT2D eigenvalue weighted by Crippen LogP contribution is 2.43. The molecule has 1 aromatic heterocycles. The van der Waals surface area contributed by atoms with Gasteiger partial charge in [0.25, 0.3) is 0 Å². The van der Waals surface area contributed by atoms with Gasteiger partial charge < -0.3 is 0 Å². The van der Waals surface area contributed by atoms with Gasteiger partial charge in [-0.15, -0.1) is 5.10 Å². The topological polar surface area (TPSA) is 25.8 Å². The summed E-state index contributed by atoms with van der Waals surface area (Å²) in [5.41, 5.74) is 2.27. The minimum Gasteiger partial charge on any atom is -0.154 e. The first-order chi connectivity index (χ1) is 6.48. The standard InChI is InChI=1S/C11H15ClN2/c1-11(2,3)9-6-8(7-4-5-7)10(12)14-13-9/h6-7H,4-5H2,1-3H3. The maximum Gasteiger partial charge on any atom is 0.155 e. The summed E-state index contributed by atoms with van der Waals surface area (Å²) < 4.78 is 0. The highest BCUT2D eigenvalue weighted by molar-refractivity contribution is 6.30. The molecular formula is C11H15ClN2. The van der Waals surface area contributed by atoms with Crippen molar-refractivity contribution in [3.8, 4) is 0 Å². The van der Waals surface area contributed by atoms with E-state index in [1.807, 2.05) is 0 Å². The van der Waals surface area contributed by atoms with Gasteiger partial charge in [0.05, 0.1) is 5.69 Å². The Morgan fingerprint density at radius 2 is 1.93 bits per heavy atom. The van der Waals surface area contributed by atoms with E-state index in [4.69, 9.17) is 11.6 Å². The molecule has 1 aliphatic carbocycles. The van der Waals surface area contributed by atoms with Crippen molar-refractivity contribution < 1.29 is 0 Å². The predicted octanol–water partition coefficient (Wildman–Crippen LogP) is 3.30. The summed E-state index contributed by atoms with van der Waals surface area (Å²) in [6.07, 6.45) is 2.49. The summed E-state index contributed by atoms with van der Waals surface area (Å²) in [6, 6.07) is 2.12. The van der Waals surface area contributed by atoms with Gasteiger partial charge in [-0.05, 0) is 30.4 Å². The first kappa shape index (κ1) is 9.91. The van der Waals surface area contributed by atoms with E-state index in [9.17, 15) is 0 Å². The van der Waals surface area contributed by atoms with Gasteiger partial charge in [0, 0.05) is 5.41 Å². The lowest BCUT2D eigenvalue weighted by molar-refractivity contribution is 0.557. The van der Waals surface area contributed by atoms with Gasteiger partial charge in [-0.2, -0.15) is 5.10 Å². The zero-order chi connectivity index (χ0) is 10.3. The van der Waals surface area contributed by atoms with Crippen LogP contribution in [0.1, 0.15) is 50.8 Å². The molecule has 0 amide bonds. The molecule has 0 spiro atoms. The molecule has 0 radical (unpaired) electrons. The van der Waals surface area contributed by atoms with Crippen LogP contribution in [0.3, 0.4) is 0 Å². The van der Waals surface area contributed by atoms with E-state index in [1.54, 1.807) is 0 Å². The normalized spacial score (nSPS) is 17.1. The number of hydrogen-bond acceptors (Lipinski definition) is 2. The highest BCUT2D eigenvalue weighted by Gasteiger charge is 2.28. The van der Waals surface area contributed by atoms with Gasteiger partial charge >= 0.3 is 0 Å². The first-order valence-electron chi connectivity index (χ1n) is 5.02. The fraction of sp³-hybridized carbons (Fsp3) is 0.636. The molecule has 1 aliphatic rings. The van der Waals surface area contributed by atoms with Crippen molar-refractivity contribution in [3.63, 3.8) is 0 Å². The van der Waals surface area contributed by atoms with Crippen LogP contribution < -0.4 is 0 Å². The average Bonchev–Trinajstić information content (AvgIpc) is 2.85. The van der Waals surface area contributed by atoms with Gasteiger partial charge in [0.2, 0.25) is 0 Å². The monoisotopic (exact) mass is 210 g/mol. The number of hydrogen-bond donors (Lipinski definition) is 0. The Morgan fingerprint density at radius 1 is 1.29 bits per heavy atom. The molecule has 1 saturated carbocycles. The summed E-state index contributed by atoms with van der Waals surface area (Å²) in [6.45, 7) is 6.42. The van der Waals surface area contributed by atoms with Crippen LogP contribution in [0.5, 0.6) is 0 Å². The minimum absolute atomic E-state index is 0.0568. The summed E-state index contributed by atoms with van der Waals surface area (Å²) in [5, 5.41) is 8.74. The molecule has 2 rings (SSSR count). The molecule has 0 bridgehead atoms. The molecule has 3 heteroatoms. The SMILES string of the molecule is CC(C)(C)c1cc(C2CC2)c(Cl)nn1. The van der Waals surface area contributed by atoms with Gasteiger partial charge in [0.1, 0.15) is 0 Å².